The number of urea groups is 1. The zero-order valence-electron chi connectivity index (χ0n) is 10.5. The number of hydrogen-bond donors (Lipinski definition) is 2. The van der Waals surface area contributed by atoms with E-state index in [1.807, 2.05) is 18.7 Å². The van der Waals surface area contributed by atoms with Crippen molar-refractivity contribution in [3.63, 3.8) is 0 Å². The van der Waals surface area contributed by atoms with Crippen LogP contribution in [0.5, 0.6) is 0 Å². The molecule has 0 atom stereocenters. The zero-order valence-corrected chi connectivity index (χ0v) is 10.5. The Bertz CT molecular complexity index is 221. The van der Waals surface area contributed by atoms with E-state index in [0.717, 1.165) is 25.9 Å². The van der Waals surface area contributed by atoms with E-state index >= 15 is 0 Å². The molecular weight excluding hydrogens is 204 g/mol. The number of nitrogens with one attached hydrogen (secondary N) is 1. The number of rotatable bonds is 3. The van der Waals surface area contributed by atoms with E-state index in [9.17, 15) is 4.79 Å². The average Bonchev–Trinajstić information content (AvgIpc) is 2.44. The van der Waals surface area contributed by atoms with Crippen molar-refractivity contribution in [1.82, 2.24) is 10.2 Å². The topological polar surface area (TPSA) is 52.6 Å². The van der Waals surface area contributed by atoms with E-state index in [1.165, 1.54) is 12.8 Å². The maximum Gasteiger partial charge on any atom is 0.317 e. The number of likely N-dealkylation sites (tertiary alicyclic amines) is 1. The van der Waals surface area contributed by atoms with Crippen molar-refractivity contribution < 1.29 is 9.90 Å². The lowest BCUT2D eigenvalue weighted by molar-refractivity contribution is 0.178. The number of aliphatic hydroxyl groups is 1. The minimum atomic E-state index is -0.321. The third kappa shape index (κ3) is 4.39. The van der Waals surface area contributed by atoms with Gasteiger partial charge in [0.15, 0.2) is 0 Å². The molecule has 1 saturated heterocycles. The molecule has 0 aromatic carbocycles. The molecule has 1 rings (SSSR count). The van der Waals surface area contributed by atoms with Crippen LogP contribution in [0, 0.1) is 0 Å². The molecule has 0 unspecified atom stereocenters. The van der Waals surface area contributed by atoms with Gasteiger partial charge < -0.3 is 15.3 Å². The molecule has 4 nitrogen and oxygen atoms in total. The zero-order chi connectivity index (χ0) is 12.0. The first-order valence-electron chi connectivity index (χ1n) is 6.23. The Hall–Kier alpha value is -0.770. The SMILES string of the molecule is CC(C)(CCO)NC(=O)N1CCCCCC1. The molecule has 1 fully saturated rings. The molecule has 0 radical (unpaired) electrons. The molecular formula is C12H24N2O2. The number of carbonyl (C=O) groups is 1. The second-order valence-corrected chi connectivity index (χ2v) is 5.19. The molecule has 2 amide bonds. The van der Waals surface area contributed by atoms with Gasteiger partial charge >= 0.3 is 6.03 Å². The molecule has 1 aliphatic rings. The van der Waals surface area contributed by atoms with Gasteiger partial charge in [-0.1, -0.05) is 12.8 Å². The van der Waals surface area contributed by atoms with Gasteiger partial charge in [-0.3, -0.25) is 0 Å². The Morgan fingerprint density at radius 2 is 1.81 bits per heavy atom. The van der Waals surface area contributed by atoms with Crippen LogP contribution in [0.4, 0.5) is 4.79 Å². The van der Waals surface area contributed by atoms with Crippen LogP contribution in [0.2, 0.25) is 0 Å². The lowest BCUT2D eigenvalue weighted by Gasteiger charge is -2.30. The molecule has 0 saturated carbocycles. The Kier molecular flexibility index (Phi) is 5.06. The molecule has 0 bridgehead atoms. The summed E-state index contributed by atoms with van der Waals surface area (Å²) in [6, 6.07) is 0.0142. The summed E-state index contributed by atoms with van der Waals surface area (Å²) in [5.41, 5.74) is -0.321. The number of nitrogens with zero attached hydrogens (tertiary/aromatic N) is 1. The number of hydrogen-bond acceptors (Lipinski definition) is 2. The van der Waals surface area contributed by atoms with E-state index in [1.54, 1.807) is 0 Å². The summed E-state index contributed by atoms with van der Waals surface area (Å²) in [5, 5.41) is 11.9. The summed E-state index contributed by atoms with van der Waals surface area (Å²) >= 11 is 0. The van der Waals surface area contributed by atoms with Crippen molar-refractivity contribution in [3.8, 4) is 0 Å². The van der Waals surface area contributed by atoms with Gasteiger partial charge in [0.05, 0.1) is 0 Å². The number of carbonyl (C=O) groups excluding carboxylic acids is 1. The minimum absolute atomic E-state index is 0.0142. The van der Waals surface area contributed by atoms with Crippen LogP contribution in [-0.4, -0.2) is 41.3 Å². The van der Waals surface area contributed by atoms with Crippen molar-refractivity contribution >= 4 is 6.03 Å². The second-order valence-electron chi connectivity index (χ2n) is 5.19. The highest BCUT2D eigenvalue weighted by atomic mass is 16.3. The van der Waals surface area contributed by atoms with Crippen LogP contribution in [0.25, 0.3) is 0 Å². The van der Waals surface area contributed by atoms with Crippen LogP contribution in [0.3, 0.4) is 0 Å². The Morgan fingerprint density at radius 3 is 2.31 bits per heavy atom. The fourth-order valence-electron chi connectivity index (χ4n) is 1.98. The summed E-state index contributed by atoms with van der Waals surface area (Å²) < 4.78 is 0. The summed E-state index contributed by atoms with van der Waals surface area (Å²) in [6.45, 7) is 5.72. The summed E-state index contributed by atoms with van der Waals surface area (Å²) in [5.74, 6) is 0. The van der Waals surface area contributed by atoms with Crippen LogP contribution in [0.1, 0.15) is 46.0 Å². The van der Waals surface area contributed by atoms with Gasteiger partial charge in [0.2, 0.25) is 0 Å². The summed E-state index contributed by atoms with van der Waals surface area (Å²) in [7, 11) is 0. The van der Waals surface area contributed by atoms with E-state index in [2.05, 4.69) is 5.32 Å². The highest BCUT2D eigenvalue weighted by molar-refractivity contribution is 5.75. The van der Waals surface area contributed by atoms with E-state index in [4.69, 9.17) is 5.11 Å². The van der Waals surface area contributed by atoms with E-state index < -0.39 is 0 Å². The van der Waals surface area contributed by atoms with Gasteiger partial charge in [-0.15, -0.1) is 0 Å². The lowest BCUT2D eigenvalue weighted by atomic mass is 10.0. The molecule has 16 heavy (non-hydrogen) atoms. The maximum absolute atomic E-state index is 12.0. The van der Waals surface area contributed by atoms with Gasteiger partial charge in [0.1, 0.15) is 0 Å². The minimum Gasteiger partial charge on any atom is -0.396 e. The van der Waals surface area contributed by atoms with Gasteiger partial charge in [-0.25, -0.2) is 4.79 Å². The molecule has 0 aliphatic carbocycles. The molecule has 94 valence electrons. The Morgan fingerprint density at radius 1 is 1.25 bits per heavy atom. The maximum atomic E-state index is 12.0. The summed E-state index contributed by atoms with van der Waals surface area (Å²) in [6.07, 6.45) is 5.25. The molecule has 1 aliphatic heterocycles. The first-order valence-corrected chi connectivity index (χ1v) is 6.23. The lowest BCUT2D eigenvalue weighted by Crippen LogP contribution is -2.50. The second kappa shape index (κ2) is 6.09. The molecule has 0 aromatic heterocycles. The quantitative estimate of drug-likeness (QED) is 0.773. The van der Waals surface area contributed by atoms with Crippen molar-refractivity contribution in [3.05, 3.63) is 0 Å². The first kappa shape index (κ1) is 13.3. The van der Waals surface area contributed by atoms with Crippen LogP contribution in [0.15, 0.2) is 0 Å². The van der Waals surface area contributed by atoms with Gasteiger partial charge in [0, 0.05) is 25.2 Å². The molecule has 0 spiro atoms. The van der Waals surface area contributed by atoms with Gasteiger partial charge in [0.25, 0.3) is 0 Å². The third-order valence-corrected chi connectivity index (χ3v) is 3.08. The average molecular weight is 228 g/mol. The normalized spacial score (nSPS) is 18.1. The fraction of sp³-hybridized carbons (Fsp3) is 0.917. The Labute approximate surface area is 98.0 Å². The highest BCUT2D eigenvalue weighted by Crippen LogP contribution is 2.12. The molecule has 0 aromatic rings. The van der Waals surface area contributed by atoms with Gasteiger partial charge in [-0.2, -0.15) is 0 Å². The van der Waals surface area contributed by atoms with Crippen LogP contribution < -0.4 is 5.32 Å². The largest absolute Gasteiger partial charge is 0.396 e. The van der Waals surface area contributed by atoms with Crippen LogP contribution >= 0.6 is 0 Å². The number of aliphatic hydroxyl groups excluding tert-OH is 1. The Balaban J connectivity index is 2.43. The molecule has 1 heterocycles. The molecule has 2 N–H and O–H groups in total. The number of amides is 2. The van der Waals surface area contributed by atoms with E-state index in [-0.39, 0.29) is 18.2 Å². The smallest absolute Gasteiger partial charge is 0.317 e. The molecule has 4 heteroatoms. The fourth-order valence-corrected chi connectivity index (χ4v) is 1.98. The predicted molar refractivity (Wildman–Crippen MR) is 64.4 cm³/mol. The monoisotopic (exact) mass is 228 g/mol. The van der Waals surface area contributed by atoms with Crippen molar-refractivity contribution in [2.24, 2.45) is 0 Å². The van der Waals surface area contributed by atoms with E-state index in [0.29, 0.717) is 6.42 Å². The standard InChI is InChI=1S/C12H24N2O2/c1-12(2,7-10-15)13-11(16)14-8-5-3-4-6-9-14/h15H,3-10H2,1-2H3,(H,13,16). The van der Waals surface area contributed by atoms with Crippen molar-refractivity contribution in [2.75, 3.05) is 19.7 Å². The third-order valence-electron chi connectivity index (χ3n) is 3.08. The van der Waals surface area contributed by atoms with Gasteiger partial charge in [-0.05, 0) is 33.1 Å². The highest BCUT2D eigenvalue weighted by Gasteiger charge is 2.23. The summed E-state index contributed by atoms with van der Waals surface area (Å²) in [4.78, 5) is 13.9. The first-order chi connectivity index (χ1) is 7.55. The van der Waals surface area contributed by atoms with Crippen molar-refractivity contribution in [1.29, 1.82) is 0 Å². The predicted octanol–water partition coefficient (Wildman–Crippen LogP) is 1.73. The van der Waals surface area contributed by atoms with Crippen molar-refractivity contribution in [2.45, 2.75) is 51.5 Å². The van der Waals surface area contributed by atoms with Crippen LogP contribution in [-0.2, 0) is 0 Å².